The molecule has 1 atom stereocenters. The molecule has 0 bridgehead atoms. The standard InChI is InChI=1S/C11H20FNO3/c1-11(2,3)6-4-5-9(14)13-8(7-12)10(15)16/h8H,4-7H2,1-3H3,(H,13,14)(H,15,16). The first kappa shape index (κ1) is 14.9. The van der Waals surface area contributed by atoms with Crippen LogP contribution in [0.3, 0.4) is 0 Å². The van der Waals surface area contributed by atoms with Crippen LogP contribution in [-0.2, 0) is 9.59 Å². The molecule has 1 unspecified atom stereocenters. The van der Waals surface area contributed by atoms with E-state index in [4.69, 9.17) is 5.11 Å². The van der Waals surface area contributed by atoms with Crippen molar-refractivity contribution in [2.45, 2.75) is 46.1 Å². The molecule has 2 N–H and O–H groups in total. The quantitative estimate of drug-likeness (QED) is 0.734. The van der Waals surface area contributed by atoms with Gasteiger partial charge in [0.25, 0.3) is 0 Å². The molecule has 0 aromatic heterocycles. The third-order valence-electron chi connectivity index (χ3n) is 2.12. The topological polar surface area (TPSA) is 66.4 Å². The summed E-state index contributed by atoms with van der Waals surface area (Å²) in [4.78, 5) is 21.7. The highest BCUT2D eigenvalue weighted by atomic mass is 19.1. The summed E-state index contributed by atoms with van der Waals surface area (Å²) in [5, 5.41) is 10.7. The van der Waals surface area contributed by atoms with Crippen LogP contribution in [-0.4, -0.2) is 29.7 Å². The molecule has 0 fully saturated rings. The zero-order valence-corrected chi connectivity index (χ0v) is 10.0. The maximum atomic E-state index is 12.2. The van der Waals surface area contributed by atoms with Gasteiger partial charge in [-0.15, -0.1) is 0 Å². The smallest absolute Gasteiger partial charge is 0.328 e. The molecule has 94 valence electrons. The van der Waals surface area contributed by atoms with Gasteiger partial charge in [-0.2, -0.15) is 0 Å². The van der Waals surface area contributed by atoms with Crippen molar-refractivity contribution in [3.63, 3.8) is 0 Å². The van der Waals surface area contributed by atoms with Crippen molar-refractivity contribution in [2.75, 3.05) is 6.67 Å². The summed E-state index contributed by atoms with van der Waals surface area (Å²) in [6.45, 7) is 5.10. The number of rotatable bonds is 6. The monoisotopic (exact) mass is 233 g/mol. The number of nitrogens with one attached hydrogen (secondary N) is 1. The molecule has 1 amide bonds. The van der Waals surface area contributed by atoms with Crippen LogP contribution in [0.4, 0.5) is 4.39 Å². The van der Waals surface area contributed by atoms with E-state index in [0.29, 0.717) is 6.42 Å². The molecule has 0 rings (SSSR count). The Labute approximate surface area is 95.2 Å². The van der Waals surface area contributed by atoms with Gasteiger partial charge in [0, 0.05) is 6.42 Å². The first-order chi connectivity index (χ1) is 7.26. The number of hydrogen-bond donors (Lipinski definition) is 2. The predicted molar refractivity (Wildman–Crippen MR) is 58.8 cm³/mol. The first-order valence-corrected chi connectivity index (χ1v) is 5.34. The lowest BCUT2D eigenvalue weighted by Gasteiger charge is -2.17. The van der Waals surface area contributed by atoms with E-state index in [0.717, 1.165) is 6.42 Å². The molecule has 0 aliphatic rings. The lowest BCUT2D eigenvalue weighted by Crippen LogP contribution is -2.42. The molecule has 0 aromatic rings. The van der Waals surface area contributed by atoms with Gasteiger partial charge in [0.15, 0.2) is 6.04 Å². The summed E-state index contributed by atoms with van der Waals surface area (Å²) in [5.41, 5.74) is 0.145. The minimum Gasteiger partial charge on any atom is -0.480 e. The van der Waals surface area contributed by atoms with E-state index >= 15 is 0 Å². The van der Waals surface area contributed by atoms with Crippen molar-refractivity contribution in [1.29, 1.82) is 0 Å². The van der Waals surface area contributed by atoms with Crippen LogP contribution in [0.15, 0.2) is 0 Å². The number of amides is 1. The average molecular weight is 233 g/mol. The second-order valence-electron chi connectivity index (χ2n) is 5.03. The largest absolute Gasteiger partial charge is 0.480 e. The number of halogens is 1. The van der Waals surface area contributed by atoms with E-state index in [9.17, 15) is 14.0 Å². The van der Waals surface area contributed by atoms with Crippen molar-refractivity contribution >= 4 is 11.9 Å². The summed E-state index contributed by atoms with van der Waals surface area (Å²) < 4.78 is 12.2. The Morgan fingerprint density at radius 2 is 1.94 bits per heavy atom. The maximum absolute atomic E-state index is 12.2. The zero-order valence-electron chi connectivity index (χ0n) is 10.0. The van der Waals surface area contributed by atoms with Crippen LogP contribution in [0, 0.1) is 5.41 Å². The normalized spacial score (nSPS) is 13.2. The highest BCUT2D eigenvalue weighted by molar-refractivity contribution is 5.83. The van der Waals surface area contributed by atoms with Gasteiger partial charge in [0.2, 0.25) is 5.91 Å². The van der Waals surface area contributed by atoms with Gasteiger partial charge in [-0.1, -0.05) is 20.8 Å². The van der Waals surface area contributed by atoms with Gasteiger partial charge in [0.05, 0.1) is 0 Å². The molecule has 16 heavy (non-hydrogen) atoms. The Balaban J connectivity index is 3.86. The lowest BCUT2D eigenvalue weighted by atomic mass is 9.90. The second-order valence-corrected chi connectivity index (χ2v) is 5.03. The number of aliphatic carboxylic acids is 1. The Morgan fingerprint density at radius 1 is 1.38 bits per heavy atom. The summed E-state index contributed by atoms with van der Waals surface area (Å²) in [5.74, 6) is -1.75. The summed E-state index contributed by atoms with van der Waals surface area (Å²) in [7, 11) is 0. The van der Waals surface area contributed by atoms with Crippen molar-refractivity contribution < 1.29 is 19.1 Å². The minimum atomic E-state index is -1.41. The third kappa shape index (κ3) is 7.20. The van der Waals surface area contributed by atoms with Crippen LogP contribution in [0.2, 0.25) is 0 Å². The van der Waals surface area contributed by atoms with Crippen molar-refractivity contribution in [3.05, 3.63) is 0 Å². The average Bonchev–Trinajstić information content (AvgIpc) is 2.11. The molecule has 4 nitrogen and oxygen atoms in total. The summed E-state index contributed by atoms with van der Waals surface area (Å²) in [6, 6.07) is -1.41. The van der Waals surface area contributed by atoms with Crippen molar-refractivity contribution in [3.8, 4) is 0 Å². The van der Waals surface area contributed by atoms with Crippen LogP contribution in [0.25, 0.3) is 0 Å². The number of carbonyl (C=O) groups excluding carboxylic acids is 1. The van der Waals surface area contributed by atoms with E-state index in [1.165, 1.54) is 0 Å². The molecular formula is C11H20FNO3. The maximum Gasteiger partial charge on any atom is 0.328 e. The lowest BCUT2D eigenvalue weighted by molar-refractivity contribution is -0.142. The van der Waals surface area contributed by atoms with Gasteiger partial charge in [0.1, 0.15) is 6.67 Å². The molecular weight excluding hydrogens is 213 g/mol. The molecule has 0 aliphatic heterocycles. The van der Waals surface area contributed by atoms with Crippen molar-refractivity contribution in [2.24, 2.45) is 5.41 Å². The second kappa shape index (κ2) is 6.45. The fourth-order valence-corrected chi connectivity index (χ4v) is 1.21. The van der Waals surface area contributed by atoms with Gasteiger partial charge in [-0.3, -0.25) is 4.79 Å². The fourth-order valence-electron chi connectivity index (χ4n) is 1.21. The minimum absolute atomic E-state index is 0.145. The van der Waals surface area contributed by atoms with E-state index in [1.54, 1.807) is 0 Å². The molecule has 0 heterocycles. The van der Waals surface area contributed by atoms with Gasteiger partial charge >= 0.3 is 5.97 Å². The number of carboxylic acids is 1. The SMILES string of the molecule is CC(C)(C)CCCC(=O)NC(CF)C(=O)O. The molecule has 0 spiro atoms. The van der Waals surface area contributed by atoms with Crippen LogP contribution in [0.5, 0.6) is 0 Å². The van der Waals surface area contributed by atoms with E-state index in [-0.39, 0.29) is 11.8 Å². The Bertz CT molecular complexity index is 248. The molecule has 0 aliphatic carbocycles. The summed E-state index contributed by atoms with van der Waals surface area (Å²) in [6.07, 6.45) is 1.78. The predicted octanol–water partition coefficient (Wildman–Crippen LogP) is 1.74. The fraction of sp³-hybridized carbons (Fsp3) is 0.818. The zero-order chi connectivity index (χ0) is 12.8. The number of hydrogen-bond acceptors (Lipinski definition) is 2. The summed E-state index contributed by atoms with van der Waals surface area (Å²) >= 11 is 0. The molecule has 0 aromatic carbocycles. The van der Waals surface area contributed by atoms with E-state index in [2.05, 4.69) is 26.1 Å². The van der Waals surface area contributed by atoms with E-state index in [1.807, 2.05) is 0 Å². The molecule has 0 saturated heterocycles. The van der Waals surface area contributed by atoms with E-state index < -0.39 is 24.6 Å². The van der Waals surface area contributed by atoms with Crippen LogP contribution < -0.4 is 5.32 Å². The highest BCUT2D eigenvalue weighted by Crippen LogP contribution is 2.21. The Morgan fingerprint density at radius 3 is 2.31 bits per heavy atom. The number of carboxylic acid groups (broad SMARTS) is 1. The van der Waals surface area contributed by atoms with Crippen LogP contribution in [0.1, 0.15) is 40.0 Å². The van der Waals surface area contributed by atoms with Gasteiger partial charge < -0.3 is 10.4 Å². The molecule has 5 heteroatoms. The van der Waals surface area contributed by atoms with Crippen LogP contribution >= 0.6 is 0 Å². The van der Waals surface area contributed by atoms with Gasteiger partial charge in [-0.05, 0) is 18.3 Å². The van der Waals surface area contributed by atoms with Gasteiger partial charge in [-0.25, -0.2) is 9.18 Å². The number of carbonyl (C=O) groups is 2. The highest BCUT2D eigenvalue weighted by Gasteiger charge is 2.19. The third-order valence-corrected chi connectivity index (χ3v) is 2.12. The van der Waals surface area contributed by atoms with Crippen molar-refractivity contribution in [1.82, 2.24) is 5.32 Å². The number of alkyl halides is 1. The Kier molecular flexibility index (Phi) is 6.00. The molecule has 0 saturated carbocycles. The Hall–Kier alpha value is -1.13. The first-order valence-electron chi connectivity index (χ1n) is 5.34. The molecule has 0 radical (unpaired) electrons.